The molecule has 1 atom stereocenters. The van der Waals surface area contributed by atoms with E-state index in [2.05, 4.69) is 16.8 Å². The maximum absolute atomic E-state index is 13.9. The Kier molecular flexibility index (Phi) is 5.89. The van der Waals surface area contributed by atoms with Gasteiger partial charge in [0.25, 0.3) is 5.91 Å². The number of piperidine rings is 1. The van der Waals surface area contributed by atoms with Gasteiger partial charge in [-0.2, -0.15) is 0 Å². The zero-order valence-electron chi connectivity index (χ0n) is 15.3. The number of aliphatic hydroxyl groups is 1. The van der Waals surface area contributed by atoms with E-state index in [1.165, 1.54) is 17.0 Å². The lowest BCUT2D eigenvalue weighted by molar-refractivity contribution is -0.160. The van der Waals surface area contributed by atoms with Gasteiger partial charge in [-0.15, -0.1) is 0 Å². The molecule has 0 radical (unpaired) electrons. The minimum Gasteiger partial charge on any atom is -0.379 e. The Morgan fingerprint density at radius 1 is 1.12 bits per heavy atom. The Morgan fingerprint density at radius 3 is 2.73 bits per heavy atom. The number of rotatable bonds is 4. The number of likely N-dealkylation sites (N-methyl/N-ethyl adjacent to an activating group) is 1. The van der Waals surface area contributed by atoms with E-state index in [0.717, 1.165) is 38.7 Å². The molecule has 1 N–H and O–H groups in total. The molecule has 26 heavy (non-hydrogen) atoms. The SMILES string of the molecule is CN1CCCN(C[C@]2(O)CCCN(Cc3cccc(F)c3F)C2=O)CC1. The van der Waals surface area contributed by atoms with Gasteiger partial charge in [-0.3, -0.25) is 9.69 Å². The zero-order valence-corrected chi connectivity index (χ0v) is 15.3. The molecule has 0 bridgehead atoms. The van der Waals surface area contributed by atoms with Gasteiger partial charge < -0.3 is 14.9 Å². The molecule has 0 unspecified atom stereocenters. The molecular weight excluding hydrogens is 340 g/mol. The number of nitrogens with zero attached hydrogens (tertiary/aromatic N) is 3. The molecule has 0 aliphatic carbocycles. The minimum absolute atomic E-state index is 0.0204. The van der Waals surface area contributed by atoms with Crippen LogP contribution in [0.4, 0.5) is 8.78 Å². The quantitative estimate of drug-likeness (QED) is 0.875. The highest BCUT2D eigenvalue weighted by Gasteiger charge is 2.43. The second-order valence-corrected chi connectivity index (χ2v) is 7.51. The van der Waals surface area contributed by atoms with E-state index in [4.69, 9.17) is 0 Å². The van der Waals surface area contributed by atoms with Gasteiger partial charge in [0.2, 0.25) is 0 Å². The number of carbonyl (C=O) groups excluding carboxylic acids is 1. The van der Waals surface area contributed by atoms with Crippen molar-refractivity contribution in [3.63, 3.8) is 0 Å². The molecule has 0 saturated carbocycles. The van der Waals surface area contributed by atoms with E-state index < -0.39 is 17.2 Å². The predicted molar refractivity (Wildman–Crippen MR) is 94.5 cm³/mol. The zero-order chi connectivity index (χ0) is 18.7. The van der Waals surface area contributed by atoms with Gasteiger partial charge in [0.1, 0.15) is 0 Å². The topological polar surface area (TPSA) is 47.0 Å². The molecule has 2 aliphatic heterocycles. The number of β-amino-alcohol motifs (C(OH)–C–C–N with tert-alkyl or cyclic N) is 1. The first-order valence-electron chi connectivity index (χ1n) is 9.24. The fourth-order valence-electron chi connectivity index (χ4n) is 3.87. The highest BCUT2D eigenvalue weighted by Crippen LogP contribution is 2.26. The van der Waals surface area contributed by atoms with Crippen LogP contribution >= 0.6 is 0 Å². The molecule has 2 saturated heterocycles. The number of hydrogen-bond donors (Lipinski definition) is 1. The summed E-state index contributed by atoms with van der Waals surface area (Å²) < 4.78 is 27.4. The first kappa shape index (κ1) is 19.2. The summed E-state index contributed by atoms with van der Waals surface area (Å²) in [4.78, 5) is 18.7. The van der Waals surface area contributed by atoms with Crippen LogP contribution in [0.2, 0.25) is 0 Å². The third-order valence-electron chi connectivity index (χ3n) is 5.39. The summed E-state index contributed by atoms with van der Waals surface area (Å²) in [5.74, 6) is -2.23. The minimum atomic E-state index is -1.45. The van der Waals surface area contributed by atoms with Crippen molar-refractivity contribution in [2.75, 3.05) is 46.3 Å². The molecule has 1 aromatic rings. The summed E-state index contributed by atoms with van der Waals surface area (Å²) >= 11 is 0. The van der Waals surface area contributed by atoms with Crippen molar-refractivity contribution < 1.29 is 18.7 Å². The first-order valence-corrected chi connectivity index (χ1v) is 9.24. The van der Waals surface area contributed by atoms with E-state index in [-0.39, 0.29) is 18.0 Å². The van der Waals surface area contributed by atoms with E-state index in [1.54, 1.807) is 0 Å². The molecule has 7 heteroatoms. The molecule has 5 nitrogen and oxygen atoms in total. The molecule has 1 amide bonds. The monoisotopic (exact) mass is 367 g/mol. The molecule has 3 rings (SSSR count). The number of carbonyl (C=O) groups is 1. The molecule has 0 aromatic heterocycles. The number of hydrogen-bond acceptors (Lipinski definition) is 4. The summed E-state index contributed by atoms with van der Waals surface area (Å²) in [6.45, 7) is 4.29. The van der Waals surface area contributed by atoms with Crippen LogP contribution in [0.15, 0.2) is 18.2 Å². The highest BCUT2D eigenvalue weighted by atomic mass is 19.2. The molecule has 0 spiro atoms. The smallest absolute Gasteiger partial charge is 0.256 e. The molecular formula is C19H27F2N3O2. The predicted octanol–water partition coefficient (Wildman–Crippen LogP) is 1.46. The maximum atomic E-state index is 13.9. The van der Waals surface area contributed by atoms with Gasteiger partial charge in [-0.05, 0) is 45.5 Å². The standard InChI is InChI=1S/C19H27F2N3O2/c1-22-8-4-9-23(12-11-22)14-19(26)7-3-10-24(18(19)25)13-15-5-2-6-16(20)17(15)21/h2,5-6,26H,3-4,7-14H2,1H3/t19-/m1/s1. The van der Waals surface area contributed by atoms with Gasteiger partial charge in [0.05, 0.1) is 0 Å². The normalized spacial score (nSPS) is 26.2. The van der Waals surface area contributed by atoms with Crippen LogP contribution < -0.4 is 0 Å². The lowest BCUT2D eigenvalue weighted by Crippen LogP contribution is -2.58. The van der Waals surface area contributed by atoms with E-state index in [0.29, 0.717) is 25.9 Å². The van der Waals surface area contributed by atoms with E-state index in [1.807, 2.05) is 0 Å². The second kappa shape index (κ2) is 7.98. The van der Waals surface area contributed by atoms with Crippen LogP contribution in [0, 0.1) is 11.6 Å². The van der Waals surface area contributed by atoms with Crippen LogP contribution in [0.1, 0.15) is 24.8 Å². The van der Waals surface area contributed by atoms with Crippen LogP contribution in [0.3, 0.4) is 0 Å². The lowest BCUT2D eigenvalue weighted by Gasteiger charge is -2.40. The number of likely N-dealkylation sites (tertiary alicyclic amines) is 1. The van der Waals surface area contributed by atoms with Gasteiger partial charge in [0, 0.05) is 38.3 Å². The number of halogens is 2. The van der Waals surface area contributed by atoms with Gasteiger partial charge in [-0.1, -0.05) is 12.1 Å². The average Bonchev–Trinajstić information content (AvgIpc) is 2.80. The van der Waals surface area contributed by atoms with Crippen LogP contribution in [0.5, 0.6) is 0 Å². The summed E-state index contributed by atoms with van der Waals surface area (Å²) in [5.41, 5.74) is -1.32. The summed E-state index contributed by atoms with van der Waals surface area (Å²) in [7, 11) is 2.07. The van der Waals surface area contributed by atoms with Crippen molar-refractivity contribution in [3.05, 3.63) is 35.4 Å². The summed E-state index contributed by atoms with van der Waals surface area (Å²) in [5, 5.41) is 11.0. The Bertz CT molecular complexity index is 658. The molecule has 2 aliphatic rings. The van der Waals surface area contributed by atoms with Crippen molar-refractivity contribution in [3.8, 4) is 0 Å². The summed E-state index contributed by atoms with van der Waals surface area (Å²) in [6.07, 6.45) is 2.05. The van der Waals surface area contributed by atoms with Crippen LogP contribution in [-0.4, -0.2) is 77.6 Å². The second-order valence-electron chi connectivity index (χ2n) is 7.51. The third kappa shape index (κ3) is 4.22. The molecule has 2 heterocycles. The summed E-state index contributed by atoms with van der Waals surface area (Å²) in [6, 6.07) is 3.97. The third-order valence-corrected chi connectivity index (χ3v) is 5.39. The lowest BCUT2D eigenvalue weighted by atomic mass is 9.90. The highest BCUT2D eigenvalue weighted by molar-refractivity contribution is 5.86. The van der Waals surface area contributed by atoms with Gasteiger partial charge in [0.15, 0.2) is 17.2 Å². The first-order chi connectivity index (χ1) is 12.4. The average molecular weight is 367 g/mol. The fraction of sp³-hybridized carbons (Fsp3) is 0.632. The van der Waals surface area contributed by atoms with Crippen molar-refractivity contribution >= 4 is 5.91 Å². The Hall–Kier alpha value is -1.57. The van der Waals surface area contributed by atoms with Gasteiger partial charge >= 0.3 is 0 Å². The van der Waals surface area contributed by atoms with Gasteiger partial charge in [-0.25, -0.2) is 8.78 Å². The maximum Gasteiger partial charge on any atom is 0.256 e. The van der Waals surface area contributed by atoms with Crippen LogP contribution in [0.25, 0.3) is 0 Å². The number of benzene rings is 1. The van der Waals surface area contributed by atoms with Crippen molar-refractivity contribution in [2.24, 2.45) is 0 Å². The van der Waals surface area contributed by atoms with Crippen molar-refractivity contribution in [2.45, 2.75) is 31.4 Å². The van der Waals surface area contributed by atoms with Crippen LogP contribution in [-0.2, 0) is 11.3 Å². The fourth-order valence-corrected chi connectivity index (χ4v) is 3.87. The molecule has 1 aromatic carbocycles. The largest absolute Gasteiger partial charge is 0.379 e. The number of amides is 1. The Morgan fingerprint density at radius 2 is 1.92 bits per heavy atom. The Balaban J connectivity index is 1.69. The molecule has 2 fully saturated rings. The van der Waals surface area contributed by atoms with E-state index in [9.17, 15) is 18.7 Å². The van der Waals surface area contributed by atoms with Crippen molar-refractivity contribution in [1.29, 1.82) is 0 Å². The van der Waals surface area contributed by atoms with Crippen molar-refractivity contribution in [1.82, 2.24) is 14.7 Å². The van der Waals surface area contributed by atoms with E-state index >= 15 is 0 Å². The molecule has 144 valence electrons. The Labute approximate surface area is 153 Å².